The molecule has 5 rings (SSSR count). The molecule has 0 amide bonds. The topological polar surface area (TPSA) is 37.3 Å². The van der Waals surface area contributed by atoms with Gasteiger partial charge in [-0.2, -0.15) is 0 Å². The Morgan fingerprint density at radius 1 is 1.00 bits per heavy atom. The van der Waals surface area contributed by atoms with Gasteiger partial charge < -0.3 is 5.11 Å². The van der Waals surface area contributed by atoms with E-state index in [1.165, 1.54) is 38.5 Å². The quantitative estimate of drug-likeness (QED) is 0.489. The zero-order chi connectivity index (χ0) is 20.8. The normalized spacial score (nSPS) is 46.6. The summed E-state index contributed by atoms with van der Waals surface area (Å²) in [5.74, 6) is 2.13. The monoisotopic (exact) mass is 392 g/mol. The molecule has 6 atom stereocenters. The van der Waals surface area contributed by atoms with Crippen LogP contribution in [0.3, 0.4) is 0 Å². The Kier molecular flexibility index (Phi) is 4.00. The molecule has 0 aliphatic heterocycles. The molecule has 0 aromatic carbocycles. The molecule has 29 heavy (non-hydrogen) atoms. The molecule has 1 unspecified atom stereocenters. The van der Waals surface area contributed by atoms with Gasteiger partial charge >= 0.3 is 0 Å². The van der Waals surface area contributed by atoms with Crippen LogP contribution in [0.25, 0.3) is 0 Å². The van der Waals surface area contributed by atoms with Gasteiger partial charge in [0.15, 0.2) is 5.76 Å². The van der Waals surface area contributed by atoms with Gasteiger partial charge in [0.05, 0.1) is 0 Å². The van der Waals surface area contributed by atoms with Crippen molar-refractivity contribution in [2.45, 2.75) is 79.6 Å². The zero-order valence-corrected chi connectivity index (χ0v) is 18.8. The molecule has 5 aliphatic carbocycles. The lowest BCUT2D eigenvalue weighted by atomic mass is 9.40. The number of allylic oxidation sites excluding steroid dienone is 7. The number of carbonyl (C=O) groups excluding carboxylic acids is 1. The minimum Gasteiger partial charge on any atom is -0.504 e. The largest absolute Gasteiger partial charge is 0.504 e. The van der Waals surface area contributed by atoms with Crippen LogP contribution >= 0.6 is 0 Å². The van der Waals surface area contributed by atoms with Crippen molar-refractivity contribution in [3.8, 4) is 0 Å². The van der Waals surface area contributed by atoms with E-state index in [4.69, 9.17) is 0 Å². The van der Waals surface area contributed by atoms with E-state index < -0.39 is 0 Å². The molecule has 5 aliphatic rings. The summed E-state index contributed by atoms with van der Waals surface area (Å²) in [4.78, 5) is 12.5. The first-order valence-electron chi connectivity index (χ1n) is 11.7. The van der Waals surface area contributed by atoms with E-state index in [9.17, 15) is 9.90 Å². The van der Waals surface area contributed by atoms with Crippen LogP contribution in [0.1, 0.15) is 79.6 Å². The molecule has 0 saturated heterocycles. The van der Waals surface area contributed by atoms with E-state index in [2.05, 4.69) is 39.8 Å². The fourth-order valence-electron chi connectivity index (χ4n) is 8.08. The smallest absolute Gasteiger partial charge is 0.220 e. The Hall–Kier alpha value is -1.57. The third-order valence-electron chi connectivity index (χ3n) is 10.0. The van der Waals surface area contributed by atoms with E-state index in [0.717, 1.165) is 40.9 Å². The van der Waals surface area contributed by atoms with Crippen LogP contribution in [0.4, 0.5) is 0 Å². The van der Waals surface area contributed by atoms with Crippen LogP contribution in [0, 0.1) is 34.0 Å². The number of hydrogen-bond acceptors (Lipinski definition) is 2. The van der Waals surface area contributed by atoms with Crippen LogP contribution in [0.2, 0.25) is 0 Å². The Labute approximate surface area is 175 Å². The number of aliphatic hydroxyl groups excluding tert-OH is 1. The molecular formula is C27H36O2. The number of aliphatic hydroxyl groups is 1. The van der Waals surface area contributed by atoms with E-state index in [-0.39, 0.29) is 22.4 Å². The fourth-order valence-corrected chi connectivity index (χ4v) is 8.08. The molecule has 0 aromatic rings. The summed E-state index contributed by atoms with van der Waals surface area (Å²) in [6.07, 6.45) is 15.5. The van der Waals surface area contributed by atoms with Crippen LogP contribution in [-0.4, -0.2) is 10.9 Å². The van der Waals surface area contributed by atoms with Gasteiger partial charge in [0.1, 0.15) is 0 Å². The van der Waals surface area contributed by atoms with E-state index >= 15 is 0 Å². The van der Waals surface area contributed by atoms with Gasteiger partial charge in [0.2, 0.25) is 5.78 Å². The van der Waals surface area contributed by atoms with Gasteiger partial charge in [-0.25, -0.2) is 0 Å². The van der Waals surface area contributed by atoms with E-state index in [1.807, 2.05) is 6.92 Å². The van der Waals surface area contributed by atoms with Crippen molar-refractivity contribution in [2.24, 2.45) is 34.0 Å². The average molecular weight is 393 g/mol. The molecule has 2 heteroatoms. The predicted octanol–water partition coefficient (Wildman–Crippen LogP) is 6.85. The van der Waals surface area contributed by atoms with Gasteiger partial charge in [0.25, 0.3) is 0 Å². The van der Waals surface area contributed by atoms with Gasteiger partial charge in [0, 0.05) is 11.0 Å². The van der Waals surface area contributed by atoms with Gasteiger partial charge in [-0.05, 0) is 91.3 Å². The summed E-state index contributed by atoms with van der Waals surface area (Å²) in [5, 5.41) is 10.2. The lowest BCUT2D eigenvalue weighted by Crippen LogP contribution is -2.55. The second-order valence-electron chi connectivity index (χ2n) is 11.6. The maximum atomic E-state index is 12.5. The SMILES string of the molecule is CC1=C(O)C(=O)C=C2C1=CC=C1[C@@]2(C)CCC2[C@@H]3C[C@@H](C)CC[C@]3(C)CC[C@]12C. The minimum atomic E-state index is -0.221. The predicted molar refractivity (Wildman–Crippen MR) is 117 cm³/mol. The fraction of sp³-hybridized carbons (Fsp3) is 0.667. The highest BCUT2D eigenvalue weighted by molar-refractivity contribution is 6.06. The molecule has 3 fully saturated rings. The molecule has 156 valence electrons. The third kappa shape index (κ3) is 2.44. The highest BCUT2D eigenvalue weighted by Gasteiger charge is 2.60. The first kappa shape index (κ1) is 19.4. The molecule has 0 bridgehead atoms. The molecule has 0 spiro atoms. The molecular weight excluding hydrogens is 356 g/mol. The van der Waals surface area contributed by atoms with Crippen LogP contribution < -0.4 is 0 Å². The van der Waals surface area contributed by atoms with Crippen molar-refractivity contribution in [1.29, 1.82) is 0 Å². The molecule has 0 radical (unpaired) electrons. The van der Waals surface area contributed by atoms with Crippen LogP contribution in [0.5, 0.6) is 0 Å². The van der Waals surface area contributed by atoms with Crippen molar-refractivity contribution in [1.82, 2.24) is 0 Å². The maximum Gasteiger partial charge on any atom is 0.220 e. The summed E-state index contributed by atoms with van der Waals surface area (Å²) < 4.78 is 0. The lowest BCUT2D eigenvalue weighted by Gasteiger charge is -2.64. The number of hydrogen-bond donors (Lipinski definition) is 1. The van der Waals surface area contributed by atoms with Crippen LogP contribution in [0.15, 0.2) is 46.3 Å². The number of carbonyl (C=O) groups is 1. The first-order valence-corrected chi connectivity index (χ1v) is 11.7. The average Bonchev–Trinajstić information content (AvgIpc) is 2.67. The van der Waals surface area contributed by atoms with Crippen molar-refractivity contribution >= 4 is 5.78 Å². The minimum absolute atomic E-state index is 0.0787. The molecule has 3 saturated carbocycles. The van der Waals surface area contributed by atoms with Crippen LogP contribution in [-0.2, 0) is 4.79 Å². The Bertz CT molecular complexity index is 915. The highest BCUT2D eigenvalue weighted by atomic mass is 16.3. The van der Waals surface area contributed by atoms with Gasteiger partial charge in [-0.15, -0.1) is 0 Å². The van der Waals surface area contributed by atoms with Crippen molar-refractivity contribution < 1.29 is 9.90 Å². The first-order chi connectivity index (χ1) is 13.6. The number of fused-ring (bicyclic) bond motifs is 7. The van der Waals surface area contributed by atoms with Gasteiger partial charge in [-0.3, -0.25) is 4.79 Å². The zero-order valence-electron chi connectivity index (χ0n) is 18.8. The Morgan fingerprint density at radius 2 is 1.76 bits per heavy atom. The maximum absolute atomic E-state index is 12.5. The summed E-state index contributed by atoms with van der Waals surface area (Å²) in [6.45, 7) is 11.8. The van der Waals surface area contributed by atoms with Gasteiger partial charge in [-0.1, -0.05) is 51.8 Å². The van der Waals surface area contributed by atoms with E-state index in [0.29, 0.717) is 5.41 Å². The number of rotatable bonds is 0. The second kappa shape index (κ2) is 5.99. The van der Waals surface area contributed by atoms with Crippen molar-refractivity contribution in [3.63, 3.8) is 0 Å². The summed E-state index contributed by atoms with van der Waals surface area (Å²) in [6, 6.07) is 0. The Balaban J connectivity index is 1.61. The molecule has 1 N–H and O–H groups in total. The molecule has 0 heterocycles. The van der Waals surface area contributed by atoms with Crippen molar-refractivity contribution in [3.05, 3.63) is 46.3 Å². The highest BCUT2D eigenvalue weighted by Crippen LogP contribution is 2.69. The molecule has 2 nitrogen and oxygen atoms in total. The lowest BCUT2D eigenvalue weighted by molar-refractivity contribution is -0.114. The number of ketones is 1. The summed E-state index contributed by atoms with van der Waals surface area (Å²) in [7, 11) is 0. The summed E-state index contributed by atoms with van der Waals surface area (Å²) >= 11 is 0. The second-order valence-corrected chi connectivity index (χ2v) is 11.6. The standard InChI is InChI=1S/C27H36O2/c1-16-8-10-25(3)12-13-27(5)19(21(25)14-16)9-11-26(4)20-15-22(28)24(29)17(2)18(20)6-7-23(26)27/h6-7,15-16,19,21,29H,8-14H2,1-5H3/t16-,19?,21-,25+,26-,27-/m0/s1. The molecule has 0 aromatic heterocycles. The Morgan fingerprint density at radius 3 is 2.52 bits per heavy atom. The third-order valence-corrected chi connectivity index (χ3v) is 10.0. The van der Waals surface area contributed by atoms with Crippen molar-refractivity contribution in [2.75, 3.05) is 0 Å². The summed E-state index contributed by atoms with van der Waals surface area (Å²) in [5.41, 5.74) is 5.18. The van der Waals surface area contributed by atoms with E-state index in [1.54, 1.807) is 11.6 Å².